The second-order valence-corrected chi connectivity index (χ2v) is 5.88. The number of carbonyl (C=O) groups is 1. The largest absolute Gasteiger partial charge is 0.416 e. The SMILES string of the molecule is NNC(=O)c1ccc(N2CC(Cc3ccccc3C(F)(F)F)C2)nn1. The molecule has 3 rings (SSSR count). The summed E-state index contributed by atoms with van der Waals surface area (Å²) in [5.41, 5.74) is 1.79. The second kappa shape index (κ2) is 6.67. The summed E-state index contributed by atoms with van der Waals surface area (Å²) in [6.07, 6.45) is -3.99. The van der Waals surface area contributed by atoms with E-state index >= 15 is 0 Å². The van der Waals surface area contributed by atoms with Gasteiger partial charge in [0, 0.05) is 13.1 Å². The van der Waals surface area contributed by atoms with Crippen molar-refractivity contribution in [2.45, 2.75) is 12.6 Å². The highest BCUT2D eigenvalue weighted by molar-refractivity contribution is 5.91. The summed E-state index contributed by atoms with van der Waals surface area (Å²) in [5.74, 6) is 5.16. The third-order valence-corrected chi connectivity index (χ3v) is 4.13. The number of nitrogens with one attached hydrogen (secondary N) is 1. The lowest BCUT2D eigenvalue weighted by Gasteiger charge is -2.40. The van der Waals surface area contributed by atoms with E-state index in [-0.39, 0.29) is 11.6 Å². The van der Waals surface area contributed by atoms with Gasteiger partial charge in [-0.2, -0.15) is 13.2 Å². The standard InChI is InChI=1S/C16H16F3N5O/c17-16(18,19)12-4-2-1-3-11(12)7-10-8-24(9-10)14-6-5-13(22-23-14)15(25)21-20/h1-6,10H,7-9,20H2,(H,21,25). The minimum absolute atomic E-state index is 0.0995. The second-order valence-electron chi connectivity index (χ2n) is 5.88. The number of amides is 1. The van der Waals surface area contributed by atoms with E-state index in [4.69, 9.17) is 5.84 Å². The molecule has 2 heterocycles. The summed E-state index contributed by atoms with van der Waals surface area (Å²) in [4.78, 5) is 13.2. The van der Waals surface area contributed by atoms with Gasteiger partial charge in [0.05, 0.1) is 5.56 Å². The summed E-state index contributed by atoms with van der Waals surface area (Å²) in [7, 11) is 0. The molecular formula is C16H16F3N5O. The van der Waals surface area contributed by atoms with Crippen molar-refractivity contribution in [2.75, 3.05) is 18.0 Å². The Morgan fingerprint density at radius 3 is 2.52 bits per heavy atom. The molecule has 0 unspecified atom stereocenters. The van der Waals surface area contributed by atoms with Crippen molar-refractivity contribution < 1.29 is 18.0 Å². The van der Waals surface area contributed by atoms with Crippen molar-refractivity contribution in [3.8, 4) is 0 Å². The monoisotopic (exact) mass is 351 g/mol. The number of nitrogens with zero attached hydrogens (tertiary/aromatic N) is 3. The molecule has 0 aliphatic carbocycles. The van der Waals surface area contributed by atoms with Crippen LogP contribution in [0.1, 0.15) is 21.6 Å². The third kappa shape index (κ3) is 3.71. The van der Waals surface area contributed by atoms with Gasteiger partial charge in [-0.1, -0.05) is 18.2 Å². The Balaban J connectivity index is 1.61. The predicted molar refractivity (Wildman–Crippen MR) is 84.5 cm³/mol. The van der Waals surface area contributed by atoms with Crippen LogP contribution in [-0.2, 0) is 12.6 Å². The molecule has 3 N–H and O–H groups in total. The molecule has 132 valence electrons. The molecule has 0 bridgehead atoms. The topological polar surface area (TPSA) is 84.1 Å². The zero-order valence-electron chi connectivity index (χ0n) is 13.1. The molecule has 1 aliphatic heterocycles. The Labute approximate surface area is 141 Å². The van der Waals surface area contributed by atoms with Gasteiger partial charge in [-0.05, 0) is 36.1 Å². The van der Waals surface area contributed by atoms with Crippen molar-refractivity contribution >= 4 is 11.7 Å². The molecule has 0 radical (unpaired) electrons. The van der Waals surface area contributed by atoms with Crippen LogP contribution in [0.3, 0.4) is 0 Å². The summed E-state index contributed by atoms with van der Waals surface area (Å²) in [6.45, 7) is 1.17. The highest BCUT2D eigenvalue weighted by Crippen LogP contribution is 2.34. The molecule has 2 aromatic rings. The van der Waals surface area contributed by atoms with Crippen molar-refractivity contribution in [1.29, 1.82) is 0 Å². The first kappa shape index (κ1) is 17.2. The number of hydrazine groups is 1. The highest BCUT2D eigenvalue weighted by atomic mass is 19.4. The Bertz CT molecular complexity index is 757. The number of aromatic nitrogens is 2. The summed E-state index contributed by atoms with van der Waals surface area (Å²) >= 11 is 0. The minimum Gasteiger partial charge on any atom is -0.354 e. The van der Waals surface area contributed by atoms with Crippen molar-refractivity contribution in [2.24, 2.45) is 11.8 Å². The lowest BCUT2D eigenvalue weighted by atomic mass is 9.90. The van der Waals surface area contributed by atoms with Gasteiger partial charge in [-0.15, -0.1) is 10.2 Å². The van der Waals surface area contributed by atoms with Gasteiger partial charge in [0.1, 0.15) is 0 Å². The molecule has 0 saturated carbocycles. The number of rotatable bonds is 4. The third-order valence-electron chi connectivity index (χ3n) is 4.13. The number of benzene rings is 1. The normalized spacial score (nSPS) is 15.0. The number of nitrogens with two attached hydrogens (primary N) is 1. The van der Waals surface area contributed by atoms with Gasteiger partial charge in [0.2, 0.25) is 0 Å². The van der Waals surface area contributed by atoms with Crippen molar-refractivity contribution in [3.05, 3.63) is 53.2 Å². The number of alkyl halides is 3. The summed E-state index contributed by atoms with van der Waals surface area (Å²) in [6, 6.07) is 8.78. The molecule has 1 amide bonds. The van der Waals surface area contributed by atoms with Gasteiger partial charge in [0.15, 0.2) is 11.5 Å². The molecule has 25 heavy (non-hydrogen) atoms. The van der Waals surface area contributed by atoms with Gasteiger partial charge < -0.3 is 4.90 Å². The Morgan fingerprint density at radius 2 is 1.92 bits per heavy atom. The predicted octanol–water partition coefficient (Wildman–Crippen LogP) is 1.78. The molecule has 1 fully saturated rings. The quantitative estimate of drug-likeness (QED) is 0.498. The number of carbonyl (C=O) groups excluding carboxylic acids is 1. The fourth-order valence-corrected chi connectivity index (χ4v) is 2.86. The molecule has 1 aromatic heterocycles. The fourth-order valence-electron chi connectivity index (χ4n) is 2.86. The zero-order valence-corrected chi connectivity index (χ0v) is 13.1. The average molecular weight is 351 g/mol. The average Bonchev–Trinajstić information content (AvgIpc) is 2.57. The number of hydrogen-bond acceptors (Lipinski definition) is 5. The fraction of sp³-hybridized carbons (Fsp3) is 0.312. The van der Waals surface area contributed by atoms with Crippen LogP contribution in [0.25, 0.3) is 0 Å². The van der Waals surface area contributed by atoms with E-state index in [1.54, 1.807) is 12.1 Å². The first-order chi connectivity index (χ1) is 11.9. The first-order valence-electron chi connectivity index (χ1n) is 7.63. The van der Waals surface area contributed by atoms with E-state index in [0.29, 0.717) is 30.9 Å². The van der Waals surface area contributed by atoms with Gasteiger partial charge in [0.25, 0.3) is 5.91 Å². The van der Waals surface area contributed by atoms with Crippen LogP contribution < -0.4 is 16.2 Å². The van der Waals surface area contributed by atoms with E-state index in [1.165, 1.54) is 18.2 Å². The van der Waals surface area contributed by atoms with Crippen LogP contribution in [0.4, 0.5) is 19.0 Å². The molecule has 0 atom stereocenters. The lowest BCUT2D eigenvalue weighted by molar-refractivity contribution is -0.138. The number of nitrogen functional groups attached to an aromatic ring is 1. The van der Waals surface area contributed by atoms with Crippen LogP contribution in [0, 0.1) is 5.92 Å². The molecule has 0 spiro atoms. The number of halogens is 3. The van der Waals surface area contributed by atoms with Crippen molar-refractivity contribution in [1.82, 2.24) is 15.6 Å². The van der Waals surface area contributed by atoms with E-state index in [0.717, 1.165) is 6.07 Å². The van der Waals surface area contributed by atoms with Crippen molar-refractivity contribution in [3.63, 3.8) is 0 Å². The number of hydrogen-bond donors (Lipinski definition) is 2. The van der Waals surface area contributed by atoms with Gasteiger partial charge >= 0.3 is 6.18 Å². The van der Waals surface area contributed by atoms with Crippen LogP contribution in [0.15, 0.2) is 36.4 Å². The van der Waals surface area contributed by atoms with E-state index in [2.05, 4.69) is 10.2 Å². The first-order valence-corrected chi connectivity index (χ1v) is 7.63. The molecule has 1 aromatic carbocycles. The molecule has 6 nitrogen and oxygen atoms in total. The van der Waals surface area contributed by atoms with Gasteiger partial charge in [-0.25, -0.2) is 5.84 Å². The van der Waals surface area contributed by atoms with Crippen LogP contribution in [0.2, 0.25) is 0 Å². The maximum Gasteiger partial charge on any atom is 0.416 e. The smallest absolute Gasteiger partial charge is 0.354 e. The van der Waals surface area contributed by atoms with E-state index in [9.17, 15) is 18.0 Å². The Morgan fingerprint density at radius 1 is 1.20 bits per heavy atom. The van der Waals surface area contributed by atoms with Crippen LogP contribution >= 0.6 is 0 Å². The summed E-state index contributed by atoms with van der Waals surface area (Å²) in [5, 5.41) is 7.72. The summed E-state index contributed by atoms with van der Waals surface area (Å²) < 4.78 is 39.1. The van der Waals surface area contributed by atoms with E-state index < -0.39 is 17.6 Å². The number of anilines is 1. The molecule has 1 aliphatic rings. The van der Waals surface area contributed by atoms with E-state index in [1.807, 2.05) is 10.3 Å². The molecule has 1 saturated heterocycles. The van der Waals surface area contributed by atoms with Gasteiger partial charge in [-0.3, -0.25) is 10.2 Å². The Hall–Kier alpha value is -2.68. The van der Waals surface area contributed by atoms with Crippen LogP contribution in [-0.4, -0.2) is 29.2 Å². The lowest BCUT2D eigenvalue weighted by Crippen LogP contribution is -2.48. The van der Waals surface area contributed by atoms with Crippen LogP contribution in [0.5, 0.6) is 0 Å². The maximum atomic E-state index is 13.0. The zero-order chi connectivity index (χ0) is 18.0. The maximum absolute atomic E-state index is 13.0. The highest BCUT2D eigenvalue weighted by Gasteiger charge is 2.35. The molecular weight excluding hydrogens is 335 g/mol. The Kier molecular flexibility index (Phi) is 4.58. The minimum atomic E-state index is -4.34. The molecule has 9 heteroatoms.